The van der Waals surface area contributed by atoms with Crippen LogP contribution in [0.5, 0.6) is 0 Å². The minimum absolute atomic E-state index is 0.192. The number of hydrogen-bond acceptors (Lipinski definition) is 3. The SMILES string of the molecule is O=C(NCCc1cncnc1)NC(c1ccccc1)c1ccccc1. The Morgan fingerprint density at radius 1 is 0.880 bits per heavy atom. The van der Waals surface area contributed by atoms with Gasteiger partial charge in [0.05, 0.1) is 6.04 Å². The number of aromatic nitrogens is 2. The predicted octanol–water partition coefficient (Wildman–Crippen LogP) is 3.11. The molecule has 0 radical (unpaired) electrons. The Morgan fingerprint density at radius 3 is 2.00 bits per heavy atom. The van der Waals surface area contributed by atoms with Gasteiger partial charge in [-0.25, -0.2) is 14.8 Å². The van der Waals surface area contributed by atoms with Crippen molar-refractivity contribution in [2.45, 2.75) is 12.5 Å². The van der Waals surface area contributed by atoms with Gasteiger partial charge in [0.2, 0.25) is 0 Å². The minimum atomic E-state index is -0.199. The maximum absolute atomic E-state index is 12.3. The van der Waals surface area contributed by atoms with Crippen LogP contribution in [0.3, 0.4) is 0 Å². The van der Waals surface area contributed by atoms with Gasteiger partial charge in [-0.2, -0.15) is 0 Å². The van der Waals surface area contributed by atoms with E-state index in [9.17, 15) is 4.79 Å². The highest BCUT2D eigenvalue weighted by molar-refractivity contribution is 5.75. The summed E-state index contributed by atoms with van der Waals surface area (Å²) in [6.07, 6.45) is 5.69. The number of urea groups is 1. The van der Waals surface area contributed by atoms with Crippen molar-refractivity contribution in [3.05, 3.63) is 96.1 Å². The summed E-state index contributed by atoms with van der Waals surface area (Å²) < 4.78 is 0. The summed E-state index contributed by atoms with van der Waals surface area (Å²) in [5.41, 5.74) is 3.08. The first-order chi connectivity index (χ1) is 12.3. The first-order valence-electron chi connectivity index (χ1n) is 8.21. The molecule has 0 saturated carbocycles. The van der Waals surface area contributed by atoms with Crippen molar-refractivity contribution in [2.24, 2.45) is 0 Å². The van der Waals surface area contributed by atoms with Crippen LogP contribution in [0.2, 0.25) is 0 Å². The van der Waals surface area contributed by atoms with Crippen LogP contribution < -0.4 is 10.6 Å². The van der Waals surface area contributed by atoms with Crippen LogP contribution in [-0.4, -0.2) is 22.5 Å². The van der Waals surface area contributed by atoms with Crippen molar-refractivity contribution in [1.29, 1.82) is 0 Å². The molecule has 2 amide bonds. The smallest absolute Gasteiger partial charge is 0.315 e. The van der Waals surface area contributed by atoms with Gasteiger partial charge in [-0.1, -0.05) is 60.7 Å². The molecule has 0 atom stereocenters. The molecule has 2 N–H and O–H groups in total. The average molecular weight is 332 g/mol. The standard InChI is InChI=1S/C20H20N4O/c25-20(23-12-11-16-13-21-15-22-14-16)24-19(17-7-3-1-4-8-17)18-9-5-2-6-10-18/h1-10,13-15,19H,11-12H2,(H2,23,24,25). The van der Waals surface area contributed by atoms with E-state index in [1.54, 1.807) is 12.4 Å². The Kier molecular flexibility index (Phi) is 5.72. The first kappa shape index (κ1) is 16.6. The van der Waals surface area contributed by atoms with Crippen LogP contribution in [0.15, 0.2) is 79.4 Å². The zero-order chi connectivity index (χ0) is 17.3. The molecule has 3 aromatic rings. The summed E-state index contributed by atoms with van der Waals surface area (Å²) in [5, 5.41) is 5.95. The van der Waals surface area contributed by atoms with E-state index in [1.807, 2.05) is 60.7 Å². The summed E-state index contributed by atoms with van der Waals surface area (Å²) in [7, 11) is 0. The van der Waals surface area contributed by atoms with E-state index in [4.69, 9.17) is 0 Å². The van der Waals surface area contributed by atoms with Crippen molar-refractivity contribution < 1.29 is 4.79 Å². The average Bonchev–Trinajstić information content (AvgIpc) is 2.68. The molecule has 5 nitrogen and oxygen atoms in total. The van der Waals surface area contributed by atoms with Gasteiger partial charge in [0.25, 0.3) is 0 Å². The Hall–Kier alpha value is -3.21. The third-order valence-corrected chi connectivity index (χ3v) is 3.85. The second-order valence-electron chi connectivity index (χ2n) is 5.65. The molecule has 3 rings (SSSR count). The van der Waals surface area contributed by atoms with E-state index in [0.29, 0.717) is 13.0 Å². The van der Waals surface area contributed by atoms with Crippen LogP contribution >= 0.6 is 0 Å². The van der Waals surface area contributed by atoms with Gasteiger partial charge in [-0.15, -0.1) is 0 Å². The molecule has 0 unspecified atom stereocenters. The third kappa shape index (κ3) is 4.88. The Morgan fingerprint density at radius 2 is 1.44 bits per heavy atom. The molecule has 0 bridgehead atoms. The molecule has 0 aliphatic carbocycles. The molecular formula is C20H20N4O. The molecule has 0 saturated heterocycles. The lowest BCUT2D eigenvalue weighted by molar-refractivity contribution is 0.239. The molecule has 1 aromatic heterocycles. The lowest BCUT2D eigenvalue weighted by Gasteiger charge is -2.20. The molecular weight excluding hydrogens is 312 g/mol. The van der Waals surface area contributed by atoms with Crippen molar-refractivity contribution in [2.75, 3.05) is 6.54 Å². The van der Waals surface area contributed by atoms with Crippen molar-refractivity contribution in [3.8, 4) is 0 Å². The Bertz CT molecular complexity index is 739. The fourth-order valence-corrected chi connectivity index (χ4v) is 2.61. The molecule has 0 aliphatic rings. The Labute approximate surface area is 147 Å². The first-order valence-corrected chi connectivity index (χ1v) is 8.21. The van der Waals surface area contributed by atoms with E-state index in [2.05, 4.69) is 20.6 Å². The fraction of sp³-hybridized carbons (Fsp3) is 0.150. The Balaban J connectivity index is 1.63. The number of nitrogens with one attached hydrogen (secondary N) is 2. The molecule has 0 aliphatic heterocycles. The maximum Gasteiger partial charge on any atom is 0.315 e. The van der Waals surface area contributed by atoms with Crippen LogP contribution in [0.4, 0.5) is 4.79 Å². The van der Waals surface area contributed by atoms with Crippen LogP contribution in [0.1, 0.15) is 22.7 Å². The van der Waals surface area contributed by atoms with Crippen LogP contribution in [-0.2, 0) is 6.42 Å². The van der Waals surface area contributed by atoms with Crippen LogP contribution in [0, 0.1) is 0 Å². The maximum atomic E-state index is 12.3. The second-order valence-corrected chi connectivity index (χ2v) is 5.65. The number of nitrogens with zero attached hydrogens (tertiary/aromatic N) is 2. The van der Waals surface area contributed by atoms with E-state index in [1.165, 1.54) is 6.33 Å². The number of hydrogen-bond donors (Lipinski definition) is 2. The molecule has 25 heavy (non-hydrogen) atoms. The number of rotatable bonds is 6. The van der Waals surface area contributed by atoms with Crippen LogP contribution in [0.25, 0.3) is 0 Å². The summed E-state index contributed by atoms with van der Waals surface area (Å²) in [6, 6.07) is 19.5. The highest BCUT2D eigenvalue weighted by Crippen LogP contribution is 2.21. The number of carbonyl (C=O) groups excluding carboxylic acids is 1. The van der Waals surface area contributed by atoms with Crippen molar-refractivity contribution in [3.63, 3.8) is 0 Å². The molecule has 126 valence electrons. The van der Waals surface area contributed by atoms with Gasteiger partial charge in [-0.05, 0) is 23.1 Å². The van der Waals surface area contributed by atoms with Gasteiger partial charge in [0.15, 0.2) is 0 Å². The van der Waals surface area contributed by atoms with E-state index in [-0.39, 0.29) is 12.1 Å². The van der Waals surface area contributed by atoms with Gasteiger partial charge >= 0.3 is 6.03 Å². The van der Waals surface area contributed by atoms with Crippen molar-refractivity contribution in [1.82, 2.24) is 20.6 Å². The van der Waals surface area contributed by atoms with Gasteiger partial charge < -0.3 is 10.6 Å². The minimum Gasteiger partial charge on any atom is -0.338 e. The lowest BCUT2D eigenvalue weighted by atomic mass is 9.99. The quantitative estimate of drug-likeness (QED) is 0.729. The fourth-order valence-electron chi connectivity index (χ4n) is 2.61. The highest BCUT2D eigenvalue weighted by Gasteiger charge is 2.16. The van der Waals surface area contributed by atoms with E-state index < -0.39 is 0 Å². The topological polar surface area (TPSA) is 66.9 Å². The number of carbonyl (C=O) groups is 1. The summed E-state index contributed by atoms with van der Waals surface area (Å²) in [4.78, 5) is 20.3. The van der Waals surface area contributed by atoms with E-state index in [0.717, 1.165) is 16.7 Å². The zero-order valence-corrected chi connectivity index (χ0v) is 13.8. The van der Waals surface area contributed by atoms with Gasteiger partial charge in [0, 0.05) is 18.9 Å². The van der Waals surface area contributed by atoms with Gasteiger partial charge in [-0.3, -0.25) is 0 Å². The van der Waals surface area contributed by atoms with Gasteiger partial charge in [0.1, 0.15) is 6.33 Å². The van der Waals surface area contributed by atoms with Crippen molar-refractivity contribution >= 4 is 6.03 Å². The largest absolute Gasteiger partial charge is 0.338 e. The summed E-state index contributed by atoms with van der Waals surface area (Å²) in [5.74, 6) is 0. The zero-order valence-electron chi connectivity index (χ0n) is 13.8. The molecule has 5 heteroatoms. The molecule has 1 heterocycles. The monoisotopic (exact) mass is 332 g/mol. The summed E-state index contributed by atoms with van der Waals surface area (Å²) in [6.45, 7) is 0.523. The number of amides is 2. The third-order valence-electron chi connectivity index (χ3n) is 3.85. The molecule has 2 aromatic carbocycles. The molecule has 0 spiro atoms. The number of benzene rings is 2. The lowest BCUT2D eigenvalue weighted by Crippen LogP contribution is -2.39. The second kappa shape index (κ2) is 8.59. The normalized spacial score (nSPS) is 10.4. The highest BCUT2D eigenvalue weighted by atomic mass is 16.2. The van der Waals surface area contributed by atoms with E-state index >= 15 is 0 Å². The summed E-state index contributed by atoms with van der Waals surface area (Å²) >= 11 is 0. The predicted molar refractivity (Wildman–Crippen MR) is 97.0 cm³/mol. The molecule has 0 fully saturated rings.